The Bertz CT molecular complexity index is 1100. The molecular weight excluding hydrogens is 336 g/mol. The molecule has 0 spiro atoms. The van der Waals surface area contributed by atoms with Crippen LogP contribution in [0.4, 0.5) is 17.5 Å². The molecule has 4 aromatic rings. The third-order valence-electron chi connectivity index (χ3n) is 4.65. The van der Waals surface area contributed by atoms with Gasteiger partial charge < -0.3 is 19.8 Å². The van der Waals surface area contributed by atoms with E-state index in [-0.39, 0.29) is 0 Å². The first kappa shape index (κ1) is 17.1. The third-order valence-corrected chi connectivity index (χ3v) is 4.65. The molecule has 0 saturated heterocycles. The number of aryl methyl sites for hydroxylation is 3. The van der Waals surface area contributed by atoms with Crippen molar-refractivity contribution < 1.29 is 0 Å². The predicted molar refractivity (Wildman–Crippen MR) is 111 cm³/mol. The molecule has 4 rings (SSSR count). The first-order valence-electron chi connectivity index (χ1n) is 8.99. The number of aromatic nitrogens is 4. The zero-order valence-corrected chi connectivity index (χ0v) is 16.3. The van der Waals surface area contributed by atoms with Gasteiger partial charge in [0.15, 0.2) is 0 Å². The molecule has 138 valence electrons. The summed E-state index contributed by atoms with van der Waals surface area (Å²) in [6.07, 6.45) is 0. The van der Waals surface area contributed by atoms with E-state index in [2.05, 4.69) is 76.2 Å². The zero-order valence-electron chi connectivity index (χ0n) is 16.3. The van der Waals surface area contributed by atoms with Crippen molar-refractivity contribution in [2.45, 2.75) is 20.8 Å². The summed E-state index contributed by atoms with van der Waals surface area (Å²) in [6.45, 7) is 6.26. The minimum absolute atomic E-state index is 0.667. The van der Waals surface area contributed by atoms with Crippen LogP contribution in [0.3, 0.4) is 0 Å². The Morgan fingerprint density at radius 1 is 0.963 bits per heavy atom. The van der Waals surface area contributed by atoms with Crippen molar-refractivity contribution in [3.63, 3.8) is 0 Å². The van der Waals surface area contributed by atoms with Crippen molar-refractivity contribution in [1.29, 1.82) is 0 Å². The highest BCUT2D eigenvalue weighted by Gasteiger charge is 2.12. The van der Waals surface area contributed by atoms with E-state index < -0.39 is 0 Å². The lowest BCUT2D eigenvalue weighted by Crippen LogP contribution is -2.13. The minimum Gasteiger partial charge on any atom is -0.347 e. The van der Waals surface area contributed by atoms with Gasteiger partial charge in [-0.3, -0.25) is 0 Å². The fourth-order valence-electron chi connectivity index (χ4n) is 3.36. The Hall–Kier alpha value is -3.28. The molecule has 0 radical (unpaired) electrons. The standard InChI is InChI=1S/C21H24N6/c1-13-11-18-19(22-13)24-21(26(4)5)25-20(18)23-16-7-6-8-17(12-16)27-14(2)9-10-15(27)3/h6-12H,1-5H3,(H2,22,23,24,25). The van der Waals surface area contributed by atoms with Crippen LogP contribution >= 0.6 is 0 Å². The molecule has 0 amide bonds. The minimum atomic E-state index is 0.667. The van der Waals surface area contributed by atoms with Crippen LogP contribution in [0.5, 0.6) is 0 Å². The van der Waals surface area contributed by atoms with Gasteiger partial charge >= 0.3 is 0 Å². The van der Waals surface area contributed by atoms with Crippen LogP contribution in [0.1, 0.15) is 17.1 Å². The molecule has 0 aliphatic rings. The van der Waals surface area contributed by atoms with E-state index in [0.29, 0.717) is 5.95 Å². The molecule has 0 unspecified atom stereocenters. The number of anilines is 3. The van der Waals surface area contributed by atoms with Crippen LogP contribution in [0.15, 0.2) is 42.5 Å². The summed E-state index contributed by atoms with van der Waals surface area (Å²) >= 11 is 0. The highest BCUT2D eigenvalue weighted by molar-refractivity contribution is 5.90. The predicted octanol–water partition coefficient (Wildman–Crippen LogP) is 4.48. The highest BCUT2D eigenvalue weighted by Crippen LogP contribution is 2.28. The van der Waals surface area contributed by atoms with Crippen molar-refractivity contribution in [3.8, 4) is 5.69 Å². The smallest absolute Gasteiger partial charge is 0.228 e. The fourth-order valence-corrected chi connectivity index (χ4v) is 3.36. The number of hydrogen-bond acceptors (Lipinski definition) is 4. The molecule has 6 nitrogen and oxygen atoms in total. The first-order valence-corrected chi connectivity index (χ1v) is 8.99. The molecule has 0 aliphatic carbocycles. The molecule has 6 heteroatoms. The summed E-state index contributed by atoms with van der Waals surface area (Å²) in [7, 11) is 3.89. The molecule has 0 atom stereocenters. The maximum atomic E-state index is 4.71. The number of aromatic amines is 1. The first-order chi connectivity index (χ1) is 12.9. The summed E-state index contributed by atoms with van der Waals surface area (Å²) in [4.78, 5) is 14.5. The topological polar surface area (TPSA) is 61.8 Å². The van der Waals surface area contributed by atoms with Gasteiger partial charge in [0.05, 0.1) is 5.39 Å². The Labute approximate surface area is 158 Å². The Morgan fingerprint density at radius 3 is 2.41 bits per heavy atom. The number of rotatable bonds is 4. The average molecular weight is 360 g/mol. The summed E-state index contributed by atoms with van der Waals surface area (Å²) in [6, 6.07) is 14.7. The third kappa shape index (κ3) is 3.14. The van der Waals surface area contributed by atoms with Crippen molar-refractivity contribution in [1.82, 2.24) is 19.5 Å². The Morgan fingerprint density at radius 2 is 1.70 bits per heavy atom. The van der Waals surface area contributed by atoms with Gasteiger partial charge in [0.2, 0.25) is 5.95 Å². The van der Waals surface area contributed by atoms with E-state index in [1.54, 1.807) is 0 Å². The second kappa shape index (κ2) is 6.46. The monoisotopic (exact) mass is 360 g/mol. The summed E-state index contributed by atoms with van der Waals surface area (Å²) in [5, 5.41) is 4.47. The van der Waals surface area contributed by atoms with Gasteiger partial charge in [0.1, 0.15) is 11.5 Å². The van der Waals surface area contributed by atoms with Crippen molar-refractivity contribution >= 4 is 28.5 Å². The van der Waals surface area contributed by atoms with Crippen LogP contribution in [0.2, 0.25) is 0 Å². The van der Waals surface area contributed by atoms with E-state index in [0.717, 1.165) is 33.9 Å². The normalized spacial score (nSPS) is 11.1. The number of hydrogen-bond donors (Lipinski definition) is 2. The maximum absolute atomic E-state index is 4.71. The van der Waals surface area contributed by atoms with E-state index >= 15 is 0 Å². The second-order valence-corrected chi connectivity index (χ2v) is 7.11. The summed E-state index contributed by atoms with van der Waals surface area (Å²) in [5.41, 5.74) is 6.44. The summed E-state index contributed by atoms with van der Waals surface area (Å²) < 4.78 is 2.24. The van der Waals surface area contributed by atoms with Crippen molar-refractivity contribution in [3.05, 3.63) is 59.5 Å². The molecule has 0 saturated carbocycles. The van der Waals surface area contributed by atoms with Crippen LogP contribution in [-0.4, -0.2) is 33.6 Å². The Kier molecular flexibility index (Phi) is 4.11. The van der Waals surface area contributed by atoms with E-state index in [4.69, 9.17) is 4.98 Å². The van der Waals surface area contributed by atoms with Crippen molar-refractivity contribution in [2.75, 3.05) is 24.3 Å². The number of fused-ring (bicyclic) bond motifs is 1. The van der Waals surface area contributed by atoms with Gasteiger partial charge in [-0.05, 0) is 57.2 Å². The van der Waals surface area contributed by atoms with Crippen LogP contribution in [0, 0.1) is 20.8 Å². The number of H-pyrrole nitrogens is 1. The second-order valence-electron chi connectivity index (χ2n) is 7.11. The highest BCUT2D eigenvalue weighted by atomic mass is 15.2. The van der Waals surface area contributed by atoms with Crippen LogP contribution in [-0.2, 0) is 0 Å². The number of nitrogens with one attached hydrogen (secondary N) is 2. The number of nitrogens with zero attached hydrogens (tertiary/aromatic N) is 4. The van der Waals surface area contributed by atoms with Crippen LogP contribution in [0.25, 0.3) is 16.7 Å². The lowest BCUT2D eigenvalue weighted by atomic mass is 10.2. The van der Waals surface area contributed by atoms with Crippen LogP contribution < -0.4 is 10.2 Å². The average Bonchev–Trinajstić information content (AvgIpc) is 3.16. The summed E-state index contributed by atoms with van der Waals surface area (Å²) in [5.74, 6) is 1.46. The van der Waals surface area contributed by atoms with Crippen molar-refractivity contribution in [2.24, 2.45) is 0 Å². The molecule has 0 bridgehead atoms. The maximum Gasteiger partial charge on any atom is 0.228 e. The van der Waals surface area contributed by atoms with Gasteiger partial charge in [-0.2, -0.15) is 9.97 Å². The van der Waals surface area contributed by atoms with E-state index in [1.165, 1.54) is 11.4 Å². The van der Waals surface area contributed by atoms with Gasteiger partial charge in [-0.15, -0.1) is 0 Å². The molecular formula is C21H24N6. The lowest BCUT2D eigenvalue weighted by Gasteiger charge is -2.15. The quantitative estimate of drug-likeness (QED) is 0.563. The van der Waals surface area contributed by atoms with E-state index in [9.17, 15) is 0 Å². The van der Waals surface area contributed by atoms with Gasteiger partial charge in [-0.1, -0.05) is 6.07 Å². The number of benzene rings is 1. The largest absolute Gasteiger partial charge is 0.347 e. The SMILES string of the molecule is Cc1cc2c(Nc3cccc(-n4c(C)ccc4C)c3)nc(N(C)C)nc2[nH]1. The molecule has 0 fully saturated rings. The molecule has 1 aromatic carbocycles. The van der Waals surface area contributed by atoms with Gasteiger partial charge in [0.25, 0.3) is 0 Å². The molecule has 0 aliphatic heterocycles. The Balaban J connectivity index is 1.78. The lowest BCUT2D eigenvalue weighted by molar-refractivity contribution is 0.966. The molecule has 3 heterocycles. The van der Waals surface area contributed by atoms with Gasteiger partial charge in [-0.25, -0.2) is 0 Å². The fraction of sp³-hybridized carbons (Fsp3) is 0.238. The molecule has 27 heavy (non-hydrogen) atoms. The van der Waals surface area contributed by atoms with Gasteiger partial charge in [0, 0.05) is 42.6 Å². The molecule has 2 N–H and O–H groups in total. The zero-order chi connectivity index (χ0) is 19.1. The molecule has 3 aromatic heterocycles. The van der Waals surface area contributed by atoms with E-state index in [1.807, 2.05) is 25.9 Å².